The zero-order valence-corrected chi connectivity index (χ0v) is 13.6. The highest BCUT2D eigenvalue weighted by Gasteiger charge is 2.15. The molecule has 0 radical (unpaired) electrons. The van der Waals surface area contributed by atoms with Crippen LogP contribution in [0.5, 0.6) is 0 Å². The monoisotopic (exact) mass is 295 g/mol. The predicted molar refractivity (Wildman–Crippen MR) is 93.2 cm³/mol. The van der Waals surface area contributed by atoms with Crippen molar-refractivity contribution in [2.45, 2.75) is 26.3 Å². The van der Waals surface area contributed by atoms with Crippen LogP contribution in [0.3, 0.4) is 0 Å². The van der Waals surface area contributed by atoms with Gasteiger partial charge < -0.3 is 5.32 Å². The van der Waals surface area contributed by atoms with Crippen LogP contribution in [0.1, 0.15) is 27.6 Å². The number of aryl methyl sites for hydroxylation is 2. The first-order valence-corrected chi connectivity index (χ1v) is 8.21. The van der Waals surface area contributed by atoms with Gasteiger partial charge in [-0.25, -0.2) is 0 Å². The van der Waals surface area contributed by atoms with Crippen molar-refractivity contribution in [3.05, 3.63) is 70.1 Å². The van der Waals surface area contributed by atoms with Crippen molar-refractivity contribution in [1.82, 2.24) is 5.32 Å². The van der Waals surface area contributed by atoms with Gasteiger partial charge >= 0.3 is 0 Å². The Kier molecular flexibility index (Phi) is 4.09. The topological polar surface area (TPSA) is 12.0 Å². The third kappa shape index (κ3) is 2.87. The van der Waals surface area contributed by atoms with E-state index in [1.165, 1.54) is 31.7 Å². The number of benzene rings is 2. The number of thiophene rings is 1. The summed E-state index contributed by atoms with van der Waals surface area (Å²) in [5, 5.41) is 4.84. The van der Waals surface area contributed by atoms with E-state index in [2.05, 4.69) is 74.7 Å². The molecule has 108 valence electrons. The van der Waals surface area contributed by atoms with Crippen LogP contribution in [0.2, 0.25) is 0 Å². The molecular formula is C19H21NS. The van der Waals surface area contributed by atoms with E-state index in [4.69, 9.17) is 0 Å². The molecule has 21 heavy (non-hydrogen) atoms. The second-order valence-corrected chi connectivity index (χ2v) is 6.72. The Morgan fingerprint density at radius 1 is 1.00 bits per heavy atom. The number of hydrogen-bond donors (Lipinski definition) is 1. The Balaban J connectivity index is 1.95. The Hall–Kier alpha value is -1.64. The quantitative estimate of drug-likeness (QED) is 0.712. The smallest absolute Gasteiger partial charge is 0.0453 e. The van der Waals surface area contributed by atoms with Crippen LogP contribution in [0.4, 0.5) is 0 Å². The highest BCUT2D eigenvalue weighted by Crippen LogP contribution is 2.32. The molecule has 2 heteroatoms. The third-order valence-corrected chi connectivity index (χ3v) is 5.42. The maximum Gasteiger partial charge on any atom is 0.0453 e. The number of hydrogen-bond acceptors (Lipinski definition) is 2. The molecule has 1 N–H and O–H groups in total. The van der Waals surface area contributed by atoms with Crippen molar-refractivity contribution in [3.63, 3.8) is 0 Å². The molecule has 1 unspecified atom stereocenters. The summed E-state index contributed by atoms with van der Waals surface area (Å²) in [5.41, 5.74) is 4.24. The third-order valence-electron chi connectivity index (χ3n) is 4.19. The van der Waals surface area contributed by atoms with E-state index < -0.39 is 0 Å². The first-order valence-electron chi connectivity index (χ1n) is 7.40. The summed E-state index contributed by atoms with van der Waals surface area (Å²) < 4.78 is 1.37. The fraction of sp³-hybridized carbons (Fsp3) is 0.263. The second-order valence-electron chi connectivity index (χ2n) is 5.60. The van der Waals surface area contributed by atoms with E-state index in [-0.39, 0.29) is 0 Å². The first-order chi connectivity index (χ1) is 10.2. The maximum atomic E-state index is 3.49. The lowest BCUT2D eigenvalue weighted by Gasteiger charge is -2.18. The van der Waals surface area contributed by atoms with E-state index in [9.17, 15) is 0 Å². The average molecular weight is 295 g/mol. The summed E-state index contributed by atoms with van der Waals surface area (Å²) in [4.78, 5) is 1.42. The Labute approximate surface area is 130 Å². The molecule has 0 spiro atoms. The van der Waals surface area contributed by atoms with Gasteiger partial charge in [0.05, 0.1) is 0 Å². The van der Waals surface area contributed by atoms with E-state index in [0.29, 0.717) is 6.04 Å². The number of nitrogens with one attached hydrogen (secondary N) is 1. The molecule has 0 aliphatic carbocycles. The largest absolute Gasteiger partial charge is 0.312 e. The fourth-order valence-electron chi connectivity index (χ4n) is 2.89. The lowest BCUT2D eigenvalue weighted by Crippen LogP contribution is -2.18. The highest BCUT2D eigenvalue weighted by molar-refractivity contribution is 7.19. The molecule has 1 nitrogen and oxygen atoms in total. The van der Waals surface area contributed by atoms with Gasteiger partial charge in [-0.3, -0.25) is 0 Å². The van der Waals surface area contributed by atoms with Crippen molar-refractivity contribution in [2.24, 2.45) is 0 Å². The minimum Gasteiger partial charge on any atom is -0.312 e. The zero-order chi connectivity index (χ0) is 14.8. The van der Waals surface area contributed by atoms with Crippen molar-refractivity contribution >= 4 is 21.4 Å². The van der Waals surface area contributed by atoms with Gasteiger partial charge in [-0.05, 0) is 61.5 Å². The van der Waals surface area contributed by atoms with E-state index >= 15 is 0 Å². The highest BCUT2D eigenvalue weighted by atomic mass is 32.1. The van der Waals surface area contributed by atoms with Gasteiger partial charge in [0.1, 0.15) is 0 Å². The van der Waals surface area contributed by atoms with Crippen LogP contribution in [0.25, 0.3) is 10.1 Å². The predicted octanol–water partition coefficient (Wildman–Crippen LogP) is 5.02. The Bertz CT molecular complexity index is 704. The molecule has 1 heterocycles. The lowest BCUT2D eigenvalue weighted by molar-refractivity contribution is 0.599. The molecule has 2 aromatic carbocycles. The molecule has 1 atom stereocenters. The summed E-state index contributed by atoms with van der Waals surface area (Å²) in [7, 11) is 2.06. The van der Waals surface area contributed by atoms with Crippen LogP contribution in [0.15, 0.2) is 48.5 Å². The summed E-state index contributed by atoms with van der Waals surface area (Å²) in [6, 6.07) is 17.9. The number of rotatable bonds is 4. The second kappa shape index (κ2) is 6.00. The molecule has 0 aliphatic rings. The molecular weight excluding hydrogens is 274 g/mol. The number of likely N-dealkylation sites (N-methyl/N-ethyl adjacent to an activating group) is 1. The molecule has 3 aromatic rings. The van der Waals surface area contributed by atoms with Gasteiger partial charge in [0, 0.05) is 15.6 Å². The van der Waals surface area contributed by atoms with Gasteiger partial charge in [-0.2, -0.15) is 0 Å². The van der Waals surface area contributed by atoms with Crippen LogP contribution in [-0.4, -0.2) is 7.05 Å². The van der Waals surface area contributed by atoms with E-state index in [1.54, 1.807) is 0 Å². The van der Waals surface area contributed by atoms with E-state index in [0.717, 1.165) is 6.42 Å². The molecule has 0 saturated carbocycles. The van der Waals surface area contributed by atoms with E-state index in [1.807, 2.05) is 11.3 Å². The molecule has 0 fully saturated rings. The van der Waals surface area contributed by atoms with Crippen molar-refractivity contribution in [2.75, 3.05) is 7.05 Å². The first kappa shape index (κ1) is 14.3. The molecule has 0 amide bonds. The SMILES string of the molecule is CNC(Cc1c(C)cccc1C)c1cc2ccccc2s1. The standard InChI is InChI=1S/C19H21NS/c1-13-7-6-8-14(2)16(13)12-17(20-3)19-11-15-9-4-5-10-18(15)21-19/h4-11,17,20H,12H2,1-3H3. The minimum absolute atomic E-state index is 0.377. The Morgan fingerprint density at radius 2 is 1.71 bits per heavy atom. The van der Waals surface area contributed by atoms with Gasteiger partial charge in [0.15, 0.2) is 0 Å². The van der Waals surface area contributed by atoms with Crippen LogP contribution in [0, 0.1) is 13.8 Å². The van der Waals surface area contributed by atoms with Gasteiger partial charge in [0.2, 0.25) is 0 Å². The van der Waals surface area contributed by atoms with Gasteiger partial charge in [0.25, 0.3) is 0 Å². The summed E-state index contributed by atoms with van der Waals surface area (Å²) >= 11 is 1.90. The summed E-state index contributed by atoms with van der Waals surface area (Å²) in [6.07, 6.45) is 1.04. The molecule has 1 aromatic heterocycles. The molecule has 3 rings (SSSR count). The summed E-state index contributed by atoms with van der Waals surface area (Å²) in [5.74, 6) is 0. The van der Waals surface area contributed by atoms with Gasteiger partial charge in [-0.1, -0.05) is 36.4 Å². The summed E-state index contributed by atoms with van der Waals surface area (Å²) in [6.45, 7) is 4.42. The minimum atomic E-state index is 0.377. The maximum absolute atomic E-state index is 3.49. The molecule has 0 bridgehead atoms. The van der Waals surface area contributed by atoms with Crippen molar-refractivity contribution in [3.8, 4) is 0 Å². The Morgan fingerprint density at radius 3 is 2.38 bits per heavy atom. The molecule has 0 saturated heterocycles. The van der Waals surface area contributed by atoms with Crippen molar-refractivity contribution < 1.29 is 0 Å². The number of fused-ring (bicyclic) bond motifs is 1. The van der Waals surface area contributed by atoms with Crippen LogP contribution in [-0.2, 0) is 6.42 Å². The van der Waals surface area contributed by atoms with Crippen LogP contribution >= 0.6 is 11.3 Å². The van der Waals surface area contributed by atoms with Gasteiger partial charge in [-0.15, -0.1) is 11.3 Å². The fourth-order valence-corrected chi connectivity index (χ4v) is 4.07. The zero-order valence-electron chi connectivity index (χ0n) is 12.8. The molecule has 0 aliphatic heterocycles. The van der Waals surface area contributed by atoms with Crippen LogP contribution < -0.4 is 5.32 Å². The lowest BCUT2D eigenvalue weighted by atomic mass is 9.96. The average Bonchev–Trinajstić information content (AvgIpc) is 2.90. The normalized spacial score (nSPS) is 12.7. The van der Waals surface area contributed by atoms with Crippen molar-refractivity contribution in [1.29, 1.82) is 0 Å².